The van der Waals surface area contributed by atoms with Crippen molar-refractivity contribution in [1.29, 1.82) is 0 Å². The van der Waals surface area contributed by atoms with Crippen LogP contribution in [0.4, 0.5) is 4.39 Å². The van der Waals surface area contributed by atoms with E-state index in [9.17, 15) is 14.3 Å². The molecular formula is C16H22FNO4. The molecular weight excluding hydrogens is 289 g/mol. The number of aliphatic hydroxyl groups excluding tert-OH is 1. The molecule has 3 atom stereocenters. The van der Waals surface area contributed by atoms with Gasteiger partial charge in [-0.3, -0.25) is 4.79 Å². The summed E-state index contributed by atoms with van der Waals surface area (Å²) in [6.07, 6.45) is -0.120. The van der Waals surface area contributed by atoms with Gasteiger partial charge in [0.1, 0.15) is 11.9 Å². The highest BCUT2D eigenvalue weighted by Gasteiger charge is 2.32. The lowest BCUT2D eigenvalue weighted by Crippen LogP contribution is -2.49. The Morgan fingerprint density at radius 2 is 2.14 bits per heavy atom. The van der Waals surface area contributed by atoms with Crippen LogP contribution in [0, 0.1) is 11.7 Å². The lowest BCUT2D eigenvalue weighted by atomic mass is 9.96. The topological polar surface area (TPSA) is 67.8 Å². The number of rotatable bonds is 6. The number of methoxy groups -OCH3 is 1. The maximum absolute atomic E-state index is 12.8. The van der Waals surface area contributed by atoms with Gasteiger partial charge < -0.3 is 19.9 Å². The van der Waals surface area contributed by atoms with E-state index in [0.717, 1.165) is 5.56 Å². The molecule has 1 amide bonds. The zero-order valence-electron chi connectivity index (χ0n) is 12.6. The van der Waals surface area contributed by atoms with Gasteiger partial charge in [-0.05, 0) is 24.1 Å². The third-order valence-electron chi connectivity index (χ3n) is 3.90. The van der Waals surface area contributed by atoms with Gasteiger partial charge in [0.2, 0.25) is 5.91 Å². The van der Waals surface area contributed by atoms with Crippen LogP contribution in [0.15, 0.2) is 24.3 Å². The average molecular weight is 311 g/mol. The number of benzene rings is 1. The van der Waals surface area contributed by atoms with E-state index >= 15 is 0 Å². The van der Waals surface area contributed by atoms with Gasteiger partial charge in [-0.15, -0.1) is 0 Å². The van der Waals surface area contributed by atoms with Crippen molar-refractivity contribution in [3.63, 3.8) is 0 Å². The van der Waals surface area contributed by atoms with Crippen LogP contribution in [0.3, 0.4) is 0 Å². The van der Waals surface area contributed by atoms with Crippen LogP contribution in [0.2, 0.25) is 0 Å². The summed E-state index contributed by atoms with van der Waals surface area (Å²) in [6, 6.07) is 6.11. The lowest BCUT2D eigenvalue weighted by molar-refractivity contribution is -0.136. The second-order valence-electron chi connectivity index (χ2n) is 5.49. The Bertz CT molecular complexity index is 480. The van der Waals surface area contributed by atoms with E-state index in [0.29, 0.717) is 32.6 Å². The summed E-state index contributed by atoms with van der Waals surface area (Å²) >= 11 is 0. The van der Waals surface area contributed by atoms with Crippen molar-refractivity contribution < 1.29 is 23.8 Å². The van der Waals surface area contributed by atoms with Gasteiger partial charge in [-0.2, -0.15) is 0 Å². The number of carbonyl (C=O) groups is 1. The molecule has 22 heavy (non-hydrogen) atoms. The quantitative estimate of drug-likeness (QED) is 0.819. The minimum atomic E-state index is -0.642. The summed E-state index contributed by atoms with van der Waals surface area (Å²) in [5, 5.41) is 12.9. The molecule has 0 bridgehead atoms. The third-order valence-corrected chi connectivity index (χ3v) is 3.90. The van der Waals surface area contributed by atoms with Crippen LogP contribution in [0.5, 0.6) is 0 Å². The van der Waals surface area contributed by atoms with E-state index < -0.39 is 6.10 Å². The van der Waals surface area contributed by atoms with Gasteiger partial charge in [0.25, 0.3) is 0 Å². The molecule has 2 N–H and O–H groups in total. The van der Waals surface area contributed by atoms with Crippen LogP contribution in [0.25, 0.3) is 0 Å². The Morgan fingerprint density at radius 1 is 1.41 bits per heavy atom. The zero-order valence-corrected chi connectivity index (χ0v) is 12.6. The number of nitrogens with one attached hydrogen (secondary N) is 1. The molecule has 1 saturated heterocycles. The van der Waals surface area contributed by atoms with Crippen molar-refractivity contribution in [2.45, 2.75) is 25.0 Å². The molecule has 5 nitrogen and oxygen atoms in total. The van der Waals surface area contributed by atoms with Gasteiger partial charge >= 0.3 is 0 Å². The molecule has 0 aliphatic carbocycles. The van der Waals surface area contributed by atoms with Crippen molar-refractivity contribution >= 4 is 5.91 Å². The first-order valence-corrected chi connectivity index (χ1v) is 7.40. The van der Waals surface area contributed by atoms with Crippen LogP contribution in [-0.2, 0) is 20.7 Å². The molecule has 0 saturated carbocycles. The largest absolute Gasteiger partial charge is 0.390 e. The van der Waals surface area contributed by atoms with Gasteiger partial charge in [0, 0.05) is 26.0 Å². The van der Waals surface area contributed by atoms with Crippen molar-refractivity contribution in [1.82, 2.24) is 5.32 Å². The minimum Gasteiger partial charge on any atom is -0.390 e. The first-order valence-electron chi connectivity index (χ1n) is 7.40. The van der Waals surface area contributed by atoms with Gasteiger partial charge in [-0.25, -0.2) is 4.39 Å². The van der Waals surface area contributed by atoms with Crippen LogP contribution < -0.4 is 5.32 Å². The number of hydrogen-bond donors (Lipinski definition) is 2. The minimum absolute atomic E-state index is 0.101. The first-order chi connectivity index (χ1) is 10.6. The van der Waals surface area contributed by atoms with Crippen LogP contribution in [-0.4, -0.2) is 50.1 Å². The highest BCUT2D eigenvalue weighted by Crippen LogP contribution is 2.16. The fraction of sp³-hybridized carbons (Fsp3) is 0.562. The molecule has 122 valence electrons. The Hall–Kier alpha value is -1.50. The zero-order chi connectivity index (χ0) is 15.9. The fourth-order valence-corrected chi connectivity index (χ4v) is 2.47. The molecule has 1 aliphatic rings. The van der Waals surface area contributed by atoms with Crippen molar-refractivity contribution in [3.05, 3.63) is 35.6 Å². The number of aliphatic hydroxyl groups is 1. The van der Waals surface area contributed by atoms with Crippen molar-refractivity contribution in [2.24, 2.45) is 5.92 Å². The summed E-state index contributed by atoms with van der Waals surface area (Å²) in [6.45, 7) is 1.12. The van der Waals surface area contributed by atoms with E-state index in [2.05, 4.69) is 5.32 Å². The maximum Gasteiger partial charge on any atom is 0.220 e. The Labute approximate surface area is 129 Å². The summed E-state index contributed by atoms with van der Waals surface area (Å²) in [5.41, 5.74) is 0.914. The fourth-order valence-electron chi connectivity index (χ4n) is 2.47. The summed E-state index contributed by atoms with van der Waals surface area (Å²) in [7, 11) is 1.53. The predicted octanol–water partition coefficient (Wildman–Crippen LogP) is 0.897. The normalized spacial score (nSPS) is 25.0. The van der Waals surface area contributed by atoms with Crippen molar-refractivity contribution in [2.75, 3.05) is 26.9 Å². The molecule has 6 heteroatoms. The van der Waals surface area contributed by atoms with E-state index in [-0.39, 0.29) is 23.7 Å². The van der Waals surface area contributed by atoms with Crippen LogP contribution in [0.1, 0.15) is 12.0 Å². The molecule has 1 fully saturated rings. The molecule has 0 unspecified atom stereocenters. The van der Waals surface area contributed by atoms with E-state index in [1.54, 1.807) is 12.1 Å². The van der Waals surface area contributed by atoms with Crippen LogP contribution >= 0.6 is 0 Å². The molecule has 2 rings (SSSR count). The highest BCUT2D eigenvalue weighted by molar-refractivity contribution is 5.76. The summed E-state index contributed by atoms with van der Waals surface area (Å²) in [5.74, 6) is -0.559. The van der Waals surface area contributed by atoms with Gasteiger partial charge in [0.05, 0.1) is 19.3 Å². The SMILES string of the molecule is CO[C@@H]1COC[C@@H](CNC(=O)CCc2ccc(F)cc2)[C@@H]1O. The highest BCUT2D eigenvalue weighted by atomic mass is 19.1. The standard InChI is InChI=1S/C16H22FNO4/c1-21-14-10-22-9-12(16(14)20)8-18-15(19)7-4-11-2-5-13(17)6-3-11/h2-3,5-6,12,14,16,20H,4,7-10H2,1H3,(H,18,19)/t12-,14-,16+/m1/s1. The van der Waals surface area contributed by atoms with E-state index in [1.807, 2.05) is 0 Å². The Morgan fingerprint density at radius 3 is 2.82 bits per heavy atom. The Balaban J connectivity index is 1.72. The summed E-state index contributed by atoms with van der Waals surface area (Å²) in [4.78, 5) is 11.8. The maximum atomic E-state index is 12.8. The molecule has 0 aromatic heterocycles. The molecule has 1 heterocycles. The van der Waals surface area contributed by atoms with E-state index in [1.165, 1.54) is 19.2 Å². The van der Waals surface area contributed by atoms with E-state index in [4.69, 9.17) is 9.47 Å². The lowest BCUT2D eigenvalue weighted by Gasteiger charge is -2.33. The second-order valence-corrected chi connectivity index (χ2v) is 5.49. The second kappa shape index (κ2) is 8.22. The molecule has 0 radical (unpaired) electrons. The monoisotopic (exact) mass is 311 g/mol. The number of hydrogen-bond acceptors (Lipinski definition) is 4. The molecule has 1 aliphatic heterocycles. The van der Waals surface area contributed by atoms with Gasteiger partial charge in [-0.1, -0.05) is 12.1 Å². The third kappa shape index (κ3) is 4.76. The average Bonchev–Trinajstić information content (AvgIpc) is 2.53. The molecule has 1 aromatic rings. The number of aryl methyl sites for hydroxylation is 1. The summed E-state index contributed by atoms with van der Waals surface area (Å²) < 4.78 is 23.3. The number of amides is 1. The number of halogens is 1. The molecule has 1 aromatic carbocycles. The first kappa shape index (κ1) is 16.9. The smallest absolute Gasteiger partial charge is 0.220 e. The predicted molar refractivity (Wildman–Crippen MR) is 78.8 cm³/mol. The van der Waals surface area contributed by atoms with Gasteiger partial charge in [0.15, 0.2) is 0 Å². The number of carbonyl (C=O) groups excluding carboxylic acids is 1. The Kier molecular flexibility index (Phi) is 6.30. The molecule has 0 spiro atoms. The number of ether oxygens (including phenoxy) is 2. The van der Waals surface area contributed by atoms with Crippen molar-refractivity contribution in [3.8, 4) is 0 Å².